The molecule has 0 radical (unpaired) electrons. The van der Waals surface area contributed by atoms with Crippen molar-refractivity contribution in [1.82, 2.24) is 19.9 Å². The number of carbonyl (C=O) groups is 2. The van der Waals surface area contributed by atoms with Gasteiger partial charge >= 0.3 is 12.2 Å². The molecule has 0 N–H and O–H groups in total. The zero-order chi connectivity index (χ0) is 29.9. The molecule has 2 atom stereocenters. The second kappa shape index (κ2) is 10.3. The van der Waals surface area contributed by atoms with E-state index in [1.807, 2.05) is 57.4 Å². The van der Waals surface area contributed by atoms with Crippen LogP contribution in [-0.4, -0.2) is 69.0 Å². The van der Waals surface area contributed by atoms with Crippen molar-refractivity contribution in [1.29, 1.82) is 0 Å². The van der Waals surface area contributed by atoms with Crippen molar-refractivity contribution in [3.63, 3.8) is 0 Å². The van der Waals surface area contributed by atoms with E-state index < -0.39 is 11.2 Å². The molecule has 9 nitrogen and oxygen atoms in total. The van der Waals surface area contributed by atoms with E-state index >= 15 is 0 Å². The third-order valence-corrected chi connectivity index (χ3v) is 9.44. The summed E-state index contributed by atoms with van der Waals surface area (Å²) in [5.41, 5.74) is 0.183. The molecule has 4 aliphatic rings. The normalized spacial score (nSPS) is 24.6. The molecule has 2 amide bonds. The van der Waals surface area contributed by atoms with Crippen LogP contribution in [-0.2, 0) is 14.9 Å². The lowest BCUT2D eigenvalue weighted by molar-refractivity contribution is -0.0161. The topological polar surface area (TPSA) is 98.0 Å². The first-order chi connectivity index (χ1) is 19.7. The summed E-state index contributed by atoms with van der Waals surface area (Å²) in [5.74, 6) is 2.02. The van der Waals surface area contributed by atoms with Gasteiger partial charge in [0.1, 0.15) is 11.2 Å². The smallest absolute Gasteiger partial charge is 0.410 e. The Bertz CT molecular complexity index is 1290. The molecule has 1 aromatic heterocycles. The molecule has 1 saturated heterocycles. The van der Waals surface area contributed by atoms with Crippen LogP contribution in [0.1, 0.15) is 116 Å². The van der Waals surface area contributed by atoms with Crippen molar-refractivity contribution >= 4 is 12.2 Å². The molecule has 3 saturated carbocycles. The molecule has 6 rings (SSSR count). The van der Waals surface area contributed by atoms with Crippen molar-refractivity contribution in [2.45, 2.75) is 121 Å². The van der Waals surface area contributed by atoms with E-state index in [0.717, 1.165) is 63.9 Å². The van der Waals surface area contributed by atoms with Gasteiger partial charge < -0.3 is 23.8 Å². The molecule has 0 bridgehead atoms. The van der Waals surface area contributed by atoms with Crippen LogP contribution < -0.4 is 0 Å². The lowest BCUT2D eigenvalue weighted by atomic mass is 9.57. The van der Waals surface area contributed by atoms with E-state index in [4.69, 9.17) is 19.0 Å². The van der Waals surface area contributed by atoms with Gasteiger partial charge in [-0.25, -0.2) is 9.59 Å². The molecular formula is C33H46N4O5. The minimum absolute atomic E-state index is 0.115. The highest BCUT2D eigenvalue weighted by atomic mass is 16.6. The van der Waals surface area contributed by atoms with Crippen molar-refractivity contribution in [2.75, 3.05) is 19.6 Å². The molecule has 2 heterocycles. The van der Waals surface area contributed by atoms with Crippen LogP contribution >= 0.6 is 0 Å². The average Bonchev–Trinajstić information content (AvgIpc) is 3.81. The van der Waals surface area contributed by atoms with Crippen LogP contribution in [0.3, 0.4) is 0 Å². The predicted octanol–water partition coefficient (Wildman–Crippen LogP) is 6.79. The highest BCUT2D eigenvalue weighted by Gasteiger charge is 2.56. The largest absolute Gasteiger partial charge is 0.444 e. The van der Waals surface area contributed by atoms with Crippen molar-refractivity contribution in [2.24, 2.45) is 5.41 Å². The van der Waals surface area contributed by atoms with E-state index in [9.17, 15) is 9.59 Å². The molecule has 4 fully saturated rings. The fourth-order valence-corrected chi connectivity index (χ4v) is 6.83. The Balaban J connectivity index is 1.08. The Morgan fingerprint density at radius 1 is 0.976 bits per heavy atom. The second-order valence-corrected chi connectivity index (χ2v) is 15.2. The Hall–Kier alpha value is -3.10. The summed E-state index contributed by atoms with van der Waals surface area (Å²) in [6, 6.07) is 10.5. The van der Waals surface area contributed by atoms with Gasteiger partial charge in [-0.2, -0.15) is 4.98 Å². The average molecular weight is 579 g/mol. The fourth-order valence-electron chi connectivity index (χ4n) is 6.83. The van der Waals surface area contributed by atoms with Gasteiger partial charge in [-0.05, 0) is 97.5 Å². The van der Waals surface area contributed by atoms with Crippen molar-refractivity contribution in [3.05, 3.63) is 47.6 Å². The molecule has 42 heavy (non-hydrogen) atoms. The monoisotopic (exact) mass is 578 g/mol. The lowest BCUT2D eigenvalue weighted by Gasteiger charge is -2.51. The number of benzene rings is 1. The van der Waals surface area contributed by atoms with Crippen molar-refractivity contribution in [3.8, 4) is 0 Å². The second-order valence-electron chi connectivity index (χ2n) is 15.2. The Kier molecular flexibility index (Phi) is 7.09. The minimum Gasteiger partial charge on any atom is -0.444 e. The molecule has 228 valence electrons. The summed E-state index contributed by atoms with van der Waals surface area (Å²) in [5, 5.41) is 4.47. The van der Waals surface area contributed by atoms with Crippen LogP contribution in [0.25, 0.3) is 0 Å². The van der Waals surface area contributed by atoms with Gasteiger partial charge in [0.05, 0.1) is 5.41 Å². The van der Waals surface area contributed by atoms with E-state index in [-0.39, 0.29) is 35.0 Å². The molecular weight excluding hydrogens is 532 g/mol. The maximum absolute atomic E-state index is 13.4. The van der Waals surface area contributed by atoms with Crippen molar-refractivity contribution < 1.29 is 23.6 Å². The number of hydrogen-bond acceptors (Lipinski definition) is 7. The Morgan fingerprint density at radius 3 is 2.21 bits per heavy atom. The van der Waals surface area contributed by atoms with Gasteiger partial charge in [-0.1, -0.05) is 35.5 Å². The number of hydrogen-bond donors (Lipinski definition) is 0. The van der Waals surface area contributed by atoms with Gasteiger partial charge in [-0.15, -0.1) is 0 Å². The van der Waals surface area contributed by atoms with Crippen LogP contribution in [0.4, 0.5) is 9.59 Å². The highest BCUT2D eigenvalue weighted by molar-refractivity contribution is 5.70. The van der Waals surface area contributed by atoms with Crippen LogP contribution in [0.5, 0.6) is 0 Å². The number of nitrogens with zero attached hydrogens (tertiary/aromatic N) is 4. The number of ether oxygens (including phenoxy) is 2. The first-order valence-electron chi connectivity index (χ1n) is 15.6. The fraction of sp³-hybridized carbons (Fsp3) is 0.697. The number of piperidine rings is 1. The van der Waals surface area contributed by atoms with E-state index in [1.54, 1.807) is 0 Å². The lowest BCUT2D eigenvalue weighted by Crippen LogP contribution is -2.49. The molecule has 9 heteroatoms. The highest BCUT2D eigenvalue weighted by Crippen LogP contribution is 2.57. The third kappa shape index (κ3) is 6.16. The maximum atomic E-state index is 13.4. The van der Waals surface area contributed by atoms with Gasteiger partial charge in [0, 0.05) is 37.5 Å². The van der Waals surface area contributed by atoms with Gasteiger partial charge in [0.25, 0.3) is 0 Å². The maximum Gasteiger partial charge on any atom is 0.410 e. The Morgan fingerprint density at radius 2 is 1.62 bits per heavy atom. The molecule has 1 spiro atoms. The SMILES string of the molecule is CC(C)(C)OC(=O)N1CCC2(CC1)CC(c1nc(C3(CN(C(=O)OC(C)(C)C)[C@H]4CC4c4ccccc4)CC3)no1)C2. The quantitative estimate of drug-likeness (QED) is 0.372. The first kappa shape index (κ1) is 29.0. The number of amides is 2. The summed E-state index contributed by atoms with van der Waals surface area (Å²) in [7, 11) is 0. The van der Waals surface area contributed by atoms with Crippen LogP contribution in [0.2, 0.25) is 0 Å². The van der Waals surface area contributed by atoms with Crippen LogP contribution in [0.15, 0.2) is 34.9 Å². The van der Waals surface area contributed by atoms with Gasteiger partial charge in [0.15, 0.2) is 5.82 Å². The molecule has 2 aromatic rings. The number of aromatic nitrogens is 2. The Labute approximate surface area is 249 Å². The molecule has 1 aliphatic heterocycles. The summed E-state index contributed by atoms with van der Waals surface area (Å²) >= 11 is 0. The van der Waals surface area contributed by atoms with E-state index in [1.165, 1.54) is 5.56 Å². The van der Waals surface area contributed by atoms with Gasteiger partial charge in [0.2, 0.25) is 5.89 Å². The van der Waals surface area contributed by atoms with Crippen LogP contribution in [0, 0.1) is 5.41 Å². The number of likely N-dealkylation sites (tertiary alicyclic amines) is 1. The third-order valence-electron chi connectivity index (χ3n) is 9.44. The molecule has 3 aliphatic carbocycles. The summed E-state index contributed by atoms with van der Waals surface area (Å²) in [6.07, 6.45) is 6.29. The van der Waals surface area contributed by atoms with E-state index in [0.29, 0.717) is 18.4 Å². The predicted molar refractivity (Wildman–Crippen MR) is 157 cm³/mol. The zero-order valence-electron chi connectivity index (χ0n) is 26.0. The van der Waals surface area contributed by atoms with Gasteiger partial charge in [-0.3, -0.25) is 0 Å². The standard InChI is InChI=1S/C33H46N4O5/c1-30(2,3)40-28(38)36-16-14-32(15-17-36)19-23(20-32)26-34-27(35-42-26)33(12-13-33)21-37(29(39)41-31(4,5)6)25-18-24(25)22-10-8-7-9-11-22/h7-11,23-25H,12-21H2,1-6H3/t24?,25-/m0/s1. The first-order valence-corrected chi connectivity index (χ1v) is 15.6. The summed E-state index contributed by atoms with van der Waals surface area (Å²) in [6.45, 7) is 13.4. The molecule has 1 unspecified atom stereocenters. The zero-order valence-corrected chi connectivity index (χ0v) is 26.0. The number of rotatable bonds is 6. The minimum atomic E-state index is -0.564. The van der Waals surface area contributed by atoms with E-state index in [2.05, 4.69) is 29.4 Å². The summed E-state index contributed by atoms with van der Waals surface area (Å²) < 4.78 is 17.3. The molecule has 1 aromatic carbocycles. The summed E-state index contributed by atoms with van der Waals surface area (Å²) in [4.78, 5) is 34.6. The number of carbonyl (C=O) groups excluding carboxylic acids is 2.